The fraction of sp³-hybridized carbons (Fsp3) is 0. The van der Waals surface area contributed by atoms with Crippen molar-refractivity contribution in [3.05, 3.63) is 176 Å². The van der Waals surface area contributed by atoms with Crippen molar-refractivity contribution in [2.24, 2.45) is 0 Å². The minimum Gasteiger partial charge on any atom is -0.436 e. The van der Waals surface area contributed by atoms with Crippen molar-refractivity contribution in [3.8, 4) is 17.1 Å². The average molecular weight is 712 g/mol. The molecule has 0 unspecified atom stereocenters. The van der Waals surface area contributed by atoms with Crippen LogP contribution >= 0.6 is 0 Å². The van der Waals surface area contributed by atoms with Crippen LogP contribution in [0.5, 0.6) is 0 Å². The molecule has 10 aromatic carbocycles. The molecule has 0 aliphatic heterocycles. The van der Waals surface area contributed by atoms with Crippen LogP contribution in [0.4, 0.5) is 0 Å². The Labute approximate surface area is 319 Å². The number of hydrogen-bond acceptors (Lipinski definition) is 3. The third-order valence-electron chi connectivity index (χ3n) is 11.9. The monoisotopic (exact) mass is 711 g/mol. The van der Waals surface area contributed by atoms with Crippen LogP contribution in [-0.2, 0) is 0 Å². The zero-order valence-corrected chi connectivity index (χ0v) is 30.0. The molecule has 0 fully saturated rings. The fourth-order valence-electron chi connectivity index (χ4n) is 9.49. The summed E-state index contributed by atoms with van der Waals surface area (Å²) < 4.78 is 8.84. The van der Waals surface area contributed by atoms with Crippen LogP contribution in [0.15, 0.2) is 180 Å². The van der Waals surface area contributed by atoms with Gasteiger partial charge in [0.2, 0.25) is 5.71 Å². The number of aromatic nitrogens is 3. The van der Waals surface area contributed by atoms with Gasteiger partial charge >= 0.3 is 0 Å². The predicted octanol–water partition coefficient (Wildman–Crippen LogP) is 14.1. The van der Waals surface area contributed by atoms with Crippen LogP contribution in [0.2, 0.25) is 0 Å². The highest BCUT2D eigenvalue weighted by atomic mass is 16.3. The molecule has 0 saturated carbocycles. The highest BCUT2D eigenvalue weighted by molar-refractivity contribution is 6.36. The summed E-state index contributed by atoms with van der Waals surface area (Å²) in [5.74, 6) is 0.768. The van der Waals surface area contributed by atoms with Crippen molar-refractivity contribution in [2.45, 2.75) is 0 Å². The highest BCUT2D eigenvalue weighted by Crippen LogP contribution is 2.46. The maximum atomic E-state index is 6.45. The molecule has 0 atom stereocenters. The van der Waals surface area contributed by atoms with E-state index in [1.165, 1.54) is 70.0 Å². The van der Waals surface area contributed by atoms with E-state index in [1.807, 2.05) is 18.2 Å². The zero-order valence-electron chi connectivity index (χ0n) is 30.0. The summed E-state index contributed by atoms with van der Waals surface area (Å²) in [5.41, 5.74) is 5.98. The highest BCUT2D eigenvalue weighted by Gasteiger charge is 2.25. The minimum absolute atomic E-state index is 0.525. The predicted molar refractivity (Wildman–Crippen MR) is 234 cm³/mol. The minimum atomic E-state index is 0.525. The van der Waals surface area contributed by atoms with Crippen LogP contribution in [-0.4, -0.2) is 14.5 Å². The lowest BCUT2D eigenvalue weighted by molar-refractivity contribution is 0.653. The van der Waals surface area contributed by atoms with Gasteiger partial charge in [-0.3, -0.25) is 4.57 Å². The van der Waals surface area contributed by atoms with E-state index in [4.69, 9.17) is 14.4 Å². The summed E-state index contributed by atoms with van der Waals surface area (Å²) in [6.07, 6.45) is 0. The standard InChI is InChI=1S/C52H29N3O/c1-3-13-34-30(11-1)21-22-32-23-24-33(29-43(32)34)48-51(53-49-41-19-9-10-20-45(41)56-52(49)54-48)55-44-28-27-40-38-17-6-5-15-36(38)37-16-7-8-18-39(37)46(40)47(44)42-26-25-31-12-2-4-14-35(31)50(42)55/h1-29H. The molecule has 13 aromatic rings. The van der Waals surface area contributed by atoms with Gasteiger partial charge in [0.15, 0.2) is 5.82 Å². The normalized spacial score (nSPS) is 12.3. The SMILES string of the molecule is c1ccc2c(c1)ccc1ccc(-c3nc4oc5ccccc5c4nc3-n3c4ccc5c6ccccc6c6ccccc6c5c4c4ccc5ccccc5c43)cc12. The van der Waals surface area contributed by atoms with Crippen LogP contribution in [0.3, 0.4) is 0 Å². The molecule has 0 aliphatic rings. The van der Waals surface area contributed by atoms with Crippen molar-refractivity contribution in [1.29, 1.82) is 0 Å². The first-order valence-corrected chi connectivity index (χ1v) is 19.1. The van der Waals surface area contributed by atoms with Crippen molar-refractivity contribution < 1.29 is 4.42 Å². The first-order chi connectivity index (χ1) is 27.8. The largest absolute Gasteiger partial charge is 0.436 e. The second-order valence-electron chi connectivity index (χ2n) is 14.9. The Bertz CT molecular complexity index is 3800. The summed E-state index contributed by atoms with van der Waals surface area (Å²) in [6.45, 7) is 0. The zero-order chi connectivity index (χ0) is 36.5. The van der Waals surface area contributed by atoms with Gasteiger partial charge in [-0.1, -0.05) is 152 Å². The van der Waals surface area contributed by atoms with E-state index in [0.29, 0.717) is 5.71 Å². The van der Waals surface area contributed by atoms with Gasteiger partial charge in [-0.15, -0.1) is 0 Å². The van der Waals surface area contributed by atoms with Gasteiger partial charge in [-0.2, -0.15) is 0 Å². The quantitative estimate of drug-likeness (QED) is 0.168. The fourth-order valence-corrected chi connectivity index (χ4v) is 9.49. The van der Waals surface area contributed by atoms with Crippen molar-refractivity contribution in [2.75, 3.05) is 0 Å². The molecule has 0 bridgehead atoms. The molecule has 0 N–H and O–H groups in total. The number of hydrogen-bond donors (Lipinski definition) is 0. The van der Waals surface area contributed by atoms with E-state index < -0.39 is 0 Å². The van der Waals surface area contributed by atoms with Crippen LogP contribution in [0.25, 0.3) is 126 Å². The molecule has 3 aromatic heterocycles. The lowest BCUT2D eigenvalue weighted by Gasteiger charge is -2.15. The molecule has 0 radical (unpaired) electrons. The number of furan rings is 1. The first kappa shape index (κ1) is 29.8. The van der Waals surface area contributed by atoms with Crippen molar-refractivity contribution in [1.82, 2.24) is 14.5 Å². The van der Waals surface area contributed by atoms with Crippen LogP contribution < -0.4 is 0 Å². The maximum absolute atomic E-state index is 6.45. The number of rotatable bonds is 2. The molecule has 4 nitrogen and oxygen atoms in total. The molecule has 13 rings (SSSR count). The van der Waals surface area contributed by atoms with E-state index in [0.717, 1.165) is 50.0 Å². The molecule has 0 aliphatic carbocycles. The third-order valence-corrected chi connectivity index (χ3v) is 11.9. The third kappa shape index (κ3) is 3.97. The summed E-state index contributed by atoms with van der Waals surface area (Å²) >= 11 is 0. The molecular weight excluding hydrogens is 683 g/mol. The summed E-state index contributed by atoms with van der Waals surface area (Å²) in [6, 6.07) is 63.3. The molecule has 0 saturated heterocycles. The van der Waals surface area contributed by atoms with E-state index in [9.17, 15) is 0 Å². The Kier molecular flexibility index (Phi) is 5.86. The Balaban J connectivity index is 1.26. The van der Waals surface area contributed by atoms with Crippen molar-refractivity contribution >= 4 is 109 Å². The van der Waals surface area contributed by atoms with Gasteiger partial charge in [-0.25, -0.2) is 9.97 Å². The van der Waals surface area contributed by atoms with Gasteiger partial charge < -0.3 is 4.42 Å². The lowest BCUT2D eigenvalue weighted by atomic mass is 9.91. The van der Waals surface area contributed by atoms with Gasteiger partial charge in [-0.05, 0) is 78.1 Å². The van der Waals surface area contributed by atoms with Crippen LogP contribution in [0, 0.1) is 0 Å². The van der Waals surface area contributed by atoms with Gasteiger partial charge in [0.25, 0.3) is 0 Å². The maximum Gasteiger partial charge on any atom is 0.247 e. The second-order valence-corrected chi connectivity index (χ2v) is 14.9. The van der Waals surface area contributed by atoms with Gasteiger partial charge in [0.1, 0.15) is 16.8 Å². The number of fused-ring (bicyclic) bond motifs is 18. The molecule has 56 heavy (non-hydrogen) atoms. The lowest BCUT2D eigenvalue weighted by Crippen LogP contribution is -2.03. The van der Waals surface area contributed by atoms with E-state index >= 15 is 0 Å². The molecular formula is C52H29N3O. The smallest absolute Gasteiger partial charge is 0.247 e. The molecule has 0 spiro atoms. The molecule has 3 heterocycles. The topological polar surface area (TPSA) is 43.9 Å². The molecule has 4 heteroatoms. The Morgan fingerprint density at radius 2 is 0.946 bits per heavy atom. The van der Waals surface area contributed by atoms with Crippen molar-refractivity contribution in [3.63, 3.8) is 0 Å². The van der Waals surface area contributed by atoms with E-state index in [2.05, 4.69) is 162 Å². The summed E-state index contributed by atoms with van der Waals surface area (Å²) in [4.78, 5) is 11.1. The second kappa shape index (κ2) is 11.0. The van der Waals surface area contributed by atoms with Gasteiger partial charge in [0.05, 0.1) is 11.0 Å². The summed E-state index contributed by atoms with van der Waals surface area (Å²) in [5, 5.41) is 17.9. The Morgan fingerprint density at radius 3 is 1.73 bits per heavy atom. The number of para-hydroxylation sites is 1. The summed E-state index contributed by atoms with van der Waals surface area (Å²) in [7, 11) is 0. The first-order valence-electron chi connectivity index (χ1n) is 19.1. The number of benzene rings is 10. The van der Waals surface area contributed by atoms with E-state index in [-0.39, 0.29) is 0 Å². The number of nitrogens with zero attached hydrogens (tertiary/aromatic N) is 3. The van der Waals surface area contributed by atoms with E-state index in [1.54, 1.807) is 0 Å². The molecule has 258 valence electrons. The molecule has 0 amide bonds. The van der Waals surface area contributed by atoms with Gasteiger partial charge in [0, 0.05) is 32.5 Å². The average Bonchev–Trinajstić information content (AvgIpc) is 3.81. The van der Waals surface area contributed by atoms with Crippen LogP contribution in [0.1, 0.15) is 0 Å². The Hall–Kier alpha value is -7.56. The Morgan fingerprint density at radius 1 is 0.393 bits per heavy atom.